The number of nitrogens with two attached hydrogens (primary N) is 1. The lowest BCUT2D eigenvalue weighted by atomic mass is 10.1. The average molecular weight is 529 g/mol. The van der Waals surface area contributed by atoms with E-state index in [2.05, 4.69) is 20.4 Å². The summed E-state index contributed by atoms with van der Waals surface area (Å²) in [6.45, 7) is 1.75. The Kier molecular flexibility index (Phi) is 9.29. The maximum Gasteiger partial charge on any atom is 0.477 e. The first-order valence-electron chi connectivity index (χ1n) is 7.57. The molecule has 1 heterocycles. The van der Waals surface area contributed by atoms with E-state index in [0.29, 0.717) is 0 Å². The summed E-state index contributed by atoms with van der Waals surface area (Å²) in [5.41, 5.74) is 4.11. The van der Waals surface area contributed by atoms with Crippen LogP contribution in [0.1, 0.15) is 6.04 Å². The van der Waals surface area contributed by atoms with E-state index in [4.69, 9.17) is 39.8 Å². The molecule has 2 unspecified atom stereocenters. The van der Waals surface area contributed by atoms with Gasteiger partial charge in [0.2, 0.25) is 0 Å². The fourth-order valence-electron chi connectivity index (χ4n) is 1.90. The molecule has 0 saturated carbocycles. The Balaban J connectivity index is 3.24. The highest BCUT2D eigenvalue weighted by molar-refractivity contribution is 8.27. The van der Waals surface area contributed by atoms with Crippen LogP contribution in [0.3, 0.4) is 0 Å². The van der Waals surface area contributed by atoms with Gasteiger partial charge >= 0.3 is 35.7 Å². The molecular weight excluding hydrogens is 510 g/mol. The molecule has 0 aliphatic heterocycles. The molecular formula is C10H19N3O14P4. The van der Waals surface area contributed by atoms with Gasteiger partial charge in [0.1, 0.15) is 12.2 Å². The number of rotatable bonds is 12. The Bertz CT molecular complexity index is 1050. The Morgan fingerprint density at radius 1 is 1.16 bits per heavy atom. The quantitative estimate of drug-likeness (QED) is 0.132. The molecule has 0 aromatic carbocycles. The van der Waals surface area contributed by atoms with E-state index in [1.54, 1.807) is 0 Å². The van der Waals surface area contributed by atoms with E-state index in [0.717, 1.165) is 16.8 Å². The predicted octanol–water partition coefficient (Wildman–Crippen LogP) is -0.514. The first-order valence-corrected chi connectivity index (χ1v) is 14.8. The SMILES string of the molecule is C=C(COCP(=O)(O)O)C(COP(=O)(OP(=O)(O)O)P(=O)(O)O)n1ccc(N)nc1=O. The van der Waals surface area contributed by atoms with Crippen molar-refractivity contribution in [3.63, 3.8) is 0 Å². The number of ether oxygens (including phenoxy) is 1. The van der Waals surface area contributed by atoms with Crippen molar-refractivity contribution < 1.29 is 61.2 Å². The molecule has 0 saturated heterocycles. The molecule has 0 bridgehead atoms. The third-order valence-corrected chi connectivity index (χ3v) is 9.36. The number of aromatic nitrogens is 2. The summed E-state index contributed by atoms with van der Waals surface area (Å²) < 4.78 is 59.3. The van der Waals surface area contributed by atoms with E-state index < -0.39 is 61.3 Å². The third kappa shape index (κ3) is 9.16. The van der Waals surface area contributed by atoms with Crippen molar-refractivity contribution in [3.05, 3.63) is 34.9 Å². The van der Waals surface area contributed by atoms with Crippen molar-refractivity contribution in [1.29, 1.82) is 0 Å². The van der Waals surface area contributed by atoms with Crippen LogP contribution in [-0.4, -0.2) is 58.5 Å². The van der Waals surface area contributed by atoms with Crippen LogP contribution in [0.4, 0.5) is 5.82 Å². The lowest BCUT2D eigenvalue weighted by molar-refractivity contribution is 0.161. The fourth-order valence-corrected chi connectivity index (χ4v) is 6.71. The van der Waals surface area contributed by atoms with Gasteiger partial charge < -0.3 is 39.8 Å². The predicted molar refractivity (Wildman–Crippen MR) is 103 cm³/mol. The molecule has 0 fully saturated rings. The zero-order chi connectivity index (χ0) is 24.3. The molecule has 1 rings (SSSR count). The third-order valence-electron chi connectivity index (χ3n) is 3.13. The Morgan fingerprint density at radius 3 is 2.19 bits per heavy atom. The molecule has 17 nitrogen and oxygen atoms in total. The van der Waals surface area contributed by atoms with Gasteiger partial charge in [0, 0.05) is 6.20 Å². The molecule has 0 amide bonds. The smallest absolute Gasteiger partial charge is 0.383 e. The Morgan fingerprint density at radius 2 is 1.74 bits per heavy atom. The minimum Gasteiger partial charge on any atom is -0.383 e. The topological polar surface area (TPSA) is 278 Å². The monoisotopic (exact) mass is 529 g/mol. The Hall–Kier alpha value is -1.02. The summed E-state index contributed by atoms with van der Waals surface area (Å²) in [5.74, 6) is -0.213. The molecule has 1 aromatic rings. The number of nitrogen functional groups attached to an aromatic ring is 1. The molecule has 21 heteroatoms. The minimum absolute atomic E-state index is 0.199. The normalized spacial score (nSPS) is 15.9. The summed E-state index contributed by atoms with van der Waals surface area (Å²) in [6.07, 6.45) is -0.0180. The van der Waals surface area contributed by atoms with E-state index in [1.165, 1.54) is 0 Å². The van der Waals surface area contributed by atoms with Crippen LogP contribution in [0.5, 0.6) is 0 Å². The fraction of sp³-hybridized carbons (Fsp3) is 0.400. The van der Waals surface area contributed by atoms with Crippen LogP contribution >= 0.6 is 30.0 Å². The van der Waals surface area contributed by atoms with Crippen LogP contribution in [0, 0.1) is 0 Å². The average Bonchev–Trinajstić information content (AvgIpc) is 2.52. The molecule has 0 aliphatic rings. The number of nitrogens with zero attached hydrogens (tertiary/aromatic N) is 2. The van der Waals surface area contributed by atoms with Gasteiger partial charge in [-0.3, -0.25) is 13.7 Å². The van der Waals surface area contributed by atoms with Gasteiger partial charge in [0.25, 0.3) is 0 Å². The number of anilines is 1. The van der Waals surface area contributed by atoms with Gasteiger partial charge in [-0.1, -0.05) is 6.58 Å². The van der Waals surface area contributed by atoms with Crippen molar-refractivity contribution in [3.8, 4) is 0 Å². The lowest BCUT2D eigenvalue weighted by Crippen LogP contribution is -2.31. The Labute approximate surface area is 173 Å². The highest BCUT2D eigenvalue weighted by Gasteiger charge is 2.51. The van der Waals surface area contributed by atoms with Gasteiger partial charge in [0.05, 0.1) is 19.3 Å². The van der Waals surface area contributed by atoms with Gasteiger partial charge in [-0.15, -0.1) is 0 Å². The van der Waals surface area contributed by atoms with E-state index in [9.17, 15) is 23.1 Å². The second-order valence-electron chi connectivity index (χ2n) is 5.71. The number of hydrogen-bond donors (Lipinski definition) is 7. The minimum atomic E-state index is -5.89. The van der Waals surface area contributed by atoms with Gasteiger partial charge in [-0.05, 0) is 11.6 Å². The molecule has 178 valence electrons. The molecule has 0 spiro atoms. The van der Waals surface area contributed by atoms with E-state index in [-0.39, 0.29) is 11.4 Å². The van der Waals surface area contributed by atoms with Crippen molar-refractivity contribution in [1.82, 2.24) is 9.55 Å². The molecule has 2 atom stereocenters. The standard InChI is InChI=1S/C10H19N3O14P4/c1-7(4-25-6-28(15,16)17)8(13-3-2-9(11)12-10(13)14)5-26-31(24,30(21,22)23)27-29(18,19)20/h2-3,8H,1,4-6H2,(H2,11,12,14)(H2,15,16,17)(H2,18,19,20)(H2,21,22,23). The zero-order valence-electron chi connectivity index (χ0n) is 15.3. The first kappa shape index (κ1) is 28.0. The molecule has 0 radical (unpaired) electrons. The van der Waals surface area contributed by atoms with Gasteiger partial charge in [0.15, 0.2) is 0 Å². The molecule has 31 heavy (non-hydrogen) atoms. The second kappa shape index (κ2) is 10.3. The van der Waals surface area contributed by atoms with Crippen molar-refractivity contribution in [2.45, 2.75) is 6.04 Å². The van der Waals surface area contributed by atoms with Crippen LogP contribution in [0.25, 0.3) is 0 Å². The number of hydrogen-bond acceptors (Lipinski definition) is 10. The first-order chi connectivity index (χ1) is 13.8. The summed E-state index contributed by atoms with van der Waals surface area (Å²) >= 11 is 0. The molecule has 8 N–H and O–H groups in total. The highest BCUT2D eigenvalue weighted by Crippen LogP contribution is 2.82. The van der Waals surface area contributed by atoms with Crippen LogP contribution in [0.2, 0.25) is 0 Å². The maximum absolute atomic E-state index is 12.3. The second-order valence-corrected chi connectivity index (χ2v) is 14.2. The maximum atomic E-state index is 12.3. The largest absolute Gasteiger partial charge is 0.477 e. The van der Waals surface area contributed by atoms with Crippen LogP contribution in [0.15, 0.2) is 29.2 Å². The zero-order valence-corrected chi connectivity index (χ0v) is 18.8. The molecule has 0 aliphatic carbocycles. The lowest BCUT2D eigenvalue weighted by Gasteiger charge is -2.25. The molecule has 1 aromatic heterocycles. The summed E-state index contributed by atoms with van der Waals surface area (Å²) in [4.78, 5) is 69.0. The van der Waals surface area contributed by atoms with Crippen LogP contribution < -0.4 is 11.4 Å². The van der Waals surface area contributed by atoms with Crippen molar-refractivity contribution >= 4 is 35.8 Å². The van der Waals surface area contributed by atoms with Crippen molar-refractivity contribution in [2.24, 2.45) is 0 Å². The summed E-state index contributed by atoms with van der Waals surface area (Å²) in [5, 5.41) is 0. The van der Waals surface area contributed by atoms with Gasteiger partial charge in [-0.2, -0.15) is 9.29 Å². The van der Waals surface area contributed by atoms with E-state index in [1.807, 2.05) is 0 Å². The van der Waals surface area contributed by atoms with E-state index >= 15 is 0 Å². The number of phosphoric acid groups is 1. The van der Waals surface area contributed by atoms with Crippen LogP contribution in [-0.2, 0) is 31.8 Å². The van der Waals surface area contributed by atoms with Gasteiger partial charge in [-0.25, -0.2) is 18.5 Å². The highest BCUT2D eigenvalue weighted by atomic mass is 32.1. The summed E-state index contributed by atoms with van der Waals surface area (Å²) in [6, 6.07) is -0.384. The summed E-state index contributed by atoms with van der Waals surface area (Å²) in [7, 11) is -21.9. The van der Waals surface area contributed by atoms with Crippen molar-refractivity contribution in [2.75, 3.05) is 25.3 Å².